The lowest BCUT2D eigenvalue weighted by Gasteiger charge is -2.37. The van der Waals surface area contributed by atoms with E-state index in [4.69, 9.17) is 4.74 Å². The molecule has 0 bridgehead atoms. The molecule has 6 rings (SSSR count). The number of sulfonamides is 1. The van der Waals surface area contributed by atoms with Crippen LogP contribution >= 0.6 is 0 Å². The molecule has 0 amide bonds. The lowest BCUT2D eigenvalue weighted by molar-refractivity contribution is 0.0129. The molecule has 0 N–H and O–H groups in total. The van der Waals surface area contributed by atoms with Gasteiger partial charge in [0.05, 0.1) is 5.52 Å². The van der Waals surface area contributed by atoms with Gasteiger partial charge in [0, 0.05) is 49.8 Å². The van der Waals surface area contributed by atoms with Gasteiger partial charge in [0.25, 0.3) is 0 Å². The summed E-state index contributed by atoms with van der Waals surface area (Å²) >= 11 is 0. The van der Waals surface area contributed by atoms with E-state index in [1.165, 1.54) is 0 Å². The van der Waals surface area contributed by atoms with E-state index in [2.05, 4.69) is 19.7 Å². The normalized spacial score (nSPS) is 24.2. The molecule has 3 fully saturated rings. The summed E-state index contributed by atoms with van der Waals surface area (Å²) in [6, 6.07) is 9.53. The monoisotopic (exact) mass is 439 g/mol. The van der Waals surface area contributed by atoms with Crippen LogP contribution in [0.15, 0.2) is 47.8 Å². The fourth-order valence-electron chi connectivity index (χ4n) is 5.30. The van der Waals surface area contributed by atoms with Gasteiger partial charge < -0.3 is 9.30 Å². The van der Waals surface area contributed by atoms with Gasteiger partial charge in [-0.1, -0.05) is 18.2 Å². The van der Waals surface area contributed by atoms with Crippen LogP contribution < -0.4 is 0 Å². The predicted octanol–water partition coefficient (Wildman–Crippen LogP) is 2.75. The maximum Gasteiger partial charge on any atom is 0.245 e. The molecule has 1 aromatic carbocycles. The maximum absolute atomic E-state index is 13.8. The second-order valence-corrected chi connectivity index (χ2v) is 10.9. The standard InChI is InChI=1S/C22H25N5O3S/c28-31(29,19-5-1-3-16-4-2-10-23-20(16)19)26-13-18(22(14-26)8-11-30-12-9-22)21-25-24-15-27(21)17-6-7-17/h1-5,10,15,17-18H,6-9,11-14H2. The summed E-state index contributed by atoms with van der Waals surface area (Å²) in [4.78, 5) is 4.66. The van der Waals surface area contributed by atoms with Crippen LogP contribution in [0.1, 0.15) is 43.5 Å². The largest absolute Gasteiger partial charge is 0.381 e. The van der Waals surface area contributed by atoms with Gasteiger partial charge in [-0.2, -0.15) is 4.31 Å². The molecule has 3 aliphatic rings. The van der Waals surface area contributed by atoms with E-state index in [1.54, 1.807) is 22.6 Å². The lowest BCUT2D eigenvalue weighted by atomic mass is 9.72. The van der Waals surface area contributed by atoms with Crippen molar-refractivity contribution in [1.29, 1.82) is 0 Å². The molecule has 0 radical (unpaired) electrons. The Morgan fingerprint density at radius 1 is 1.10 bits per heavy atom. The molecule has 3 aromatic rings. The minimum Gasteiger partial charge on any atom is -0.381 e. The first kappa shape index (κ1) is 19.3. The number of hydrogen-bond acceptors (Lipinski definition) is 6. The number of para-hydroxylation sites is 1. The van der Waals surface area contributed by atoms with Gasteiger partial charge in [0.2, 0.25) is 10.0 Å². The van der Waals surface area contributed by atoms with Crippen molar-refractivity contribution in [2.45, 2.75) is 42.5 Å². The Hall–Kier alpha value is -2.36. The zero-order valence-corrected chi connectivity index (χ0v) is 18.0. The van der Waals surface area contributed by atoms with Crippen molar-refractivity contribution in [3.05, 3.63) is 48.7 Å². The Labute approximate surface area is 181 Å². The van der Waals surface area contributed by atoms with Gasteiger partial charge in [-0.25, -0.2) is 8.42 Å². The van der Waals surface area contributed by atoms with Crippen LogP contribution in [0.4, 0.5) is 0 Å². The first-order valence-corrected chi connectivity index (χ1v) is 12.3. The molecule has 1 unspecified atom stereocenters. The van der Waals surface area contributed by atoms with Gasteiger partial charge in [0.1, 0.15) is 17.0 Å². The summed E-state index contributed by atoms with van der Waals surface area (Å²) in [5.74, 6) is 0.940. The van der Waals surface area contributed by atoms with Crippen LogP contribution in [0.2, 0.25) is 0 Å². The summed E-state index contributed by atoms with van der Waals surface area (Å²) in [6.45, 7) is 2.19. The number of fused-ring (bicyclic) bond motifs is 1. The Bertz CT molecular complexity index is 1230. The first-order chi connectivity index (χ1) is 15.1. The lowest BCUT2D eigenvalue weighted by Crippen LogP contribution is -2.37. The Morgan fingerprint density at radius 2 is 1.90 bits per heavy atom. The van der Waals surface area contributed by atoms with Crippen LogP contribution in [-0.2, 0) is 14.8 Å². The molecule has 2 aliphatic heterocycles. The van der Waals surface area contributed by atoms with Crippen molar-refractivity contribution in [1.82, 2.24) is 24.1 Å². The highest BCUT2D eigenvalue weighted by Gasteiger charge is 2.53. The molecule has 1 saturated carbocycles. The van der Waals surface area contributed by atoms with Crippen molar-refractivity contribution in [2.75, 3.05) is 26.3 Å². The molecule has 9 heteroatoms. The Kier molecular flexibility index (Phi) is 4.42. The smallest absolute Gasteiger partial charge is 0.245 e. The molecule has 1 aliphatic carbocycles. The number of aromatic nitrogens is 4. The van der Waals surface area contributed by atoms with Gasteiger partial charge >= 0.3 is 0 Å². The summed E-state index contributed by atoms with van der Waals surface area (Å²) in [6.07, 6.45) is 7.39. The van der Waals surface area contributed by atoms with Gasteiger partial charge in [0.15, 0.2) is 0 Å². The van der Waals surface area contributed by atoms with Gasteiger partial charge in [-0.3, -0.25) is 4.98 Å². The number of rotatable bonds is 4. The number of ether oxygens (including phenoxy) is 1. The quantitative estimate of drug-likeness (QED) is 0.621. The summed E-state index contributed by atoms with van der Waals surface area (Å²) in [5.41, 5.74) is 0.346. The van der Waals surface area contributed by atoms with E-state index < -0.39 is 10.0 Å². The third-order valence-corrected chi connectivity index (χ3v) is 9.01. The first-order valence-electron chi connectivity index (χ1n) is 10.9. The fourth-order valence-corrected chi connectivity index (χ4v) is 7.02. The highest BCUT2D eigenvalue weighted by Crippen LogP contribution is 2.51. The molecule has 1 atom stereocenters. The van der Waals surface area contributed by atoms with Crippen molar-refractivity contribution in [3.8, 4) is 0 Å². The van der Waals surface area contributed by atoms with E-state index in [-0.39, 0.29) is 16.2 Å². The highest BCUT2D eigenvalue weighted by atomic mass is 32.2. The van der Waals surface area contributed by atoms with E-state index in [0.29, 0.717) is 37.9 Å². The van der Waals surface area contributed by atoms with Crippen molar-refractivity contribution in [2.24, 2.45) is 5.41 Å². The number of nitrogens with zero attached hydrogens (tertiary/aromatic N) is 5. The minimum absolute atomic E-state index is 0.0113. The van der Waals surface area contributed by atoms with Crippen LogP contribution in [0, 0.1) is 5.41 Å². The van der Waals surface area contributed by atoms with Crippen LogP contribution in [-0.4, -0.2) is 58.8 Å². The second-order valence-electron chi connectivity index (χ2n) is 8.98. The zero-order chi connectivity index (χ0) is 21.1. The van der Waals surface area contributed by atoms with Crippen LogP contribution in [0.25, 0.3) is 10.9 Å². The van der Waals surface area contributed by atoms with Crippen molar-refractivity contribution in [3.63, 3.8) is 0 Å². The Balaban J connectivity index is 1.42. The van der Waals surface area contributed by atoms with Gasteiger partial charge in [-0.05, 0) is 43.2 Å². The summed E-state index contributed by atoms with van der Waals surface area (Å²) in [5, 5.41) is 9.51. The van der Waals surface area contributed by atoms with Crippen LogP contribution in [0.5, 0.6) is 0 Å². The number of benzene rings is 1. The third kappa shape index (κ3) is 3.09. The van der Waals surface area contributed by atoms with E-state index in [0.717, 1.165) is 36.9 Å². The molecule has 2 saturated heterocycles. The second kappa shape index (κ2) is 7.08. The molecule has 8 nitrogen and oxygen atoms in total. The SMILES string of the molecule is O=S(=O)(c1cccc2cccnc12)N1CC(c2nncn2C2CC2)C2(CCOCC2)C1. The number of hydrogen-bond donors (Lipinski definition) is 0. The van der Waals surface area contributed by atoms with E-state index in [9.17, 15) is 8.42 Å². The average molecular weight is 440 g/mol. The van der Waals surface area contributed by atoms with Gasteiger partial charge in [-0.15, -0.1) is 10.2 Å². The molecular formula is C22H25N5O3S. The fraction of sp³-hybridized carbons (Fsp3) is 0.500. The number of pyridine rings is 1. The third-order valence-electron chi connectivity index (χ3n) is 7.17. The molecule has 162 valence electrons. The minimum atomic E-state index is -3.71. The topological polar surface area (TPSA) is 90.2 Å². The molecule has 1 spiro atoms. The average Bonchev–Trinajstić information content (AvgIpc) is 3.41. The van der Waals surface area contributed by atoms with Crippen molar-refractivity contribution < 1.29 is 13.2 Å². The molecule has 31 heavy (non-hydrogen) atoms. The van der Waals surface area contributed by atoms with E-state index >= 15 is 0 Å². The summed E-state index contributed by atoms with van der Waals surface area (Å²) in [7, 11) is -3.71. The Morgan fingerprint density at radius 3 is 2.71 bits per heavy atom. The summed E-state index contributed by atoms with van der Waals surface area (Å²) < 4.78 is 37.1. The highest BCUT2D eigenvalue weighted by molar-refractivity contribution is 7.89. The molecule has 2 aromatic heterocycles. The molecule has 4 heterocycles. The predicted molar refractivity (Wildman–Crippen MR) is 114 cm³/mol. The van der Waals surface area contributed by atoms with E-state index in [1.807, 2.05) is 24.5 Å². The van der Waals surface area contributed by atoms with Crippen LogP contribution in [0.3, 0.4) is 0 Å². The maximum atomic E-state index is 13.8. The molecular weight excluding hydrogens is 414 g/mol. The zero-order valence-electron chi connectivity index (χ0n) is 17.2. The van der Waals surface area contributed by atoms with Crippen molar-refractivity contribution >= 4 is 20.9 Å².